The van der Waals surface area contributed by atoms with Crippen molar-refractivity contribution < 1.29 is 0 Å². The minimum atomic E-state index is 0.623. The van der Waals surface area contributed by atoms with Crippen LogP contribution < -0.4 is 5.73 Å². The Morgan fingerprint density at radius 2 is 1.70 bits per heavy atom. The maximum atomic E-state index is 5.85. The second kappa shape index (κ2) is 8.11. The molecule has 0 unspecified atom stereocenters. The van der Waals surface area contributed by atoms with Gasteiger partial charge in [-0.05, 0) is 23.4 Å². The number of para-hydroxylation sites is 1. The number of aryl methyl sites for hydroxylation is 1. The molecule has 0 fully saturated rings. The summed E-state index contributed by atoms with van der Waals surface area (Å²) < 4.78 is 2.38. The van der Waals surface area contributed by atoms with Gasteiger partial charge in [0.25, 0.3) is 0 Å². The summed E-state index contributed by atoms with van der Waals surface area (Å²) in [4.78, 5) is 0. The van der Waals surface area contributed by atoms with E-state index in [9.17, 15) is 0 Å². The van der Waals surface area contributed by atoms with E-state index in [0.29, 0.717) is 6.54 Å². The Hall–Kier alpha value is -1.28. The Morgan fingerprint density at radius 1 is 0.950 bits per heavy atom. The first kappa shape index (κ1) is 15.1. The molecular weight excluding hydrogens is 244 g/mol. The van der Waals surface area contributed by atoms with Crippen LogP contribution in [0.5, 0.6) is 0 Å². The Kier molecular flexibility index (Phi) is 6.13. The van der Waals surface area contributed by atoms with Crippen LogP contribution >= 0.6 is 0 Å². The summed E-state index contributed by atoms with van der Waals surface area (Å²) in [6.07, 6.45) is 11.7. The lowest BCUT2D eigenvalue weighted by Crippen LogP contribution is -2.02. The van der Waals surface area contributed by atoms with Crippen molar-refractivity contribution in [1.29, 1.82) is 0 Å². The average molecular weight is 272 g/mol. The van der Waals surface area contributed by atoms with Crippen molar-refractivity contribution >= 4 is 10.9 Å². The van der Waals surface area contributed by atoms with Gasteiger partial charge in [-0.15, -0.1) is 0 Å². The average Bonchev–Trinajstić information content (AvgIpc) is 2.89. The molecule has 0 bridgehead atoms. The van der Waals surface area contributed by atoms with Gasteiger partial charge in [0.15, 0.2) is 0 Å². The Morgan fingerprint density at radius 3 is 2.45 bits per heavy atom. The number of unbranched alkanes of at least 4 members (excludes halogenated alkanes) is 6. The van der Waals surface area contributed by atoms with Gasteiger partial charge in [0.1, 0.15) is 0 Å². The van der Waals surface area contributed by atoms with Crippen molar-refractivity contribution in [3.8, 4) is 0 Å². The Labute approximate surface area is 123 Å². The van der Waals surface area contributed by atoms with Gasteiger partial charge in [0.05, 0.1) is 5.52 Å². The molecule has 2 aromatic rings. The summed E-state index contributed by atoms with van der Waals surface area (Å²) in [6, 6.07) is 8.62. The number of benzene rings is 1. The van der Waals surface area contributed by atoms with Crippen LogP contribution in [0.4, 0.5) is 0 Å². The van der Waals surface area contributed by atoms with Crippen molar-refractivity contribution in [2.75, 3.05) is 0 Å². The SMILES string of the molecule is CCCCCCCCCn1ccc2cccc(CN)c21. The van der Waals surface area contributed by atoms with Crippen molar-refractivity contribution in [3.05, 3.63) is 36.0 Å². The van der Waals surface area contributed by atoms with Gasteiger partial charge in [-0.1, -0.05) is 63.6 Å². The summed E-state index contributed by atoms with van der Waals surface area (Å²) in [7, 11) is 0. The second-order valence-electron chi connectivity index (χ2n) is 5.69. The van der Waals surface area contributed by atoms with Crippen molar-refractivity contribution in [3.63, 3.8) is 0 Å². The van der Waals surface area contributed by atoms with Crippen LogP contribution in [0.1, 0.15) is 57.4 Å². The van der Waals surface area contributed by atoms with Gasteiger partial charge in [-0.3, -0.25) is 0 Å². The topological polar surface area (TPSA) is 30.9 Å². The van der Waals surface area contributed by atoms with E-state index in [-0.39, 0.29) is 0 Å². The zero-order valence-corrected chi connectivity index (χ0v) is 12.8. The third kappa shape index (κ3) is 3.86. The lowest BCUT2D eigenvalue weighted by molar-refractivity contribution is 0.556. The molecule has 1 heterocycles. The normalized spacial score (nSPS) is 11.3. The van der Waals surface area contributed by atoms with Gasteiger partial charge in [-0.2, -0.15) is 0 Å². The number of hydrogen-bond donors (Lipinski definition) is 1. The molecule has 2 heteroatoms. The zero-order valence-electron chi connectivity index (χ0n) is 12.8. The molecule has 1 aromatic heterocycles. The summed E-state index contributed by atoms with van der Waals surface area (Å²) in [5.74, 6) is 0. The molecular formula is C18H28N2. The maximum Gasteiger partial charge on any atom is 0.0525 e. The quantitative estimate of drug-likeness (QED) is 0.650. The molecule has 0 aliphatic heterocycles. The molecule has 110 valence electrons. The van der Waals surface area contributed by atoms with Gasteiger partial charge >= 0.3 is 0 Å². The van der Waals surface area contributed by atoms with Crippen LogP contribution in [0.3, 0.4) is 0 Å². The van der Waals surface area contributed by atoms with E-state index in [0.717, 1.165) is 6.54 Å². The highest BCUT2D eigenvalue weighted by Crippen LogP contribution is 2.21. The predicted molar refractivity (Wildman–Crippen MR) is 87.8 cm³/mol. The van der Waals surface area contributed by atoms with Gasteiger partial charge in [0.2, 0.25) is 0 Å². The summed E-state index contributed by atoms with van der Waals surface area (Å²) in [5, 5.41) is 1.32. The molecule has 0 aliphatic rings. The fraction of sp³-hybridized carbons (Fsp3) is 0.556. The first-order valence-electron chi connectivity index (χ1n) is 8.13. The van der Waals surface area contributed by atoms with Crippen LogP contribution in [-0.4, -0.2) is 4.57 Å². The summed E-state index contributed by atoms with van der Waals surface area (Å²) in [6.45, 7) is 4.01. The van der Waals surface area contributed by atoms with Crippen molar-refractivity contribution in [2.45, 2.75) is 65.0 Å². The van der Waals surface area contributed by atoms with Gasteiger partial charge in [-0.25, -0.2) is 0 Å². The van der Waals surface area contributed by atoms with E-state index in [1.807, 2.05) is 0 Å². The first-order valence-corrected chi connectivity index (χ1v) is 8.13. The van der Waals surface area contributed by atoms with Crippen LogP contribution in [0, 0.1) is 0 Å². The Bertz CT molecular complexity index is 513. The monoisotopic (exact) mass is 272 g/mol. The number of aromatic nitrogens is 1. The molecule has 1 aromatic carbocycles. The van der Waals surface area contributed by atoms with Gasteiger partial charge in [0, 0.05) is 19.3 Å². The molecule has 2 rings (SSSR count). The lowest BCUT2D eigenvalue weighted by Gasteiger charge is -2.09. The minimum absolute atomic E-state index is 0.623. The van der Waals surface area contributed by atoms with E-state index in [1.165, 1.54) is 61.4 Å². The van der Waals surface area contributed by atoms with Gasteiger partial charge < -0.3 is 10.3 Å². The van der Waals surface area contributed by atoms with Crippen LogP contribution in [0.15, 0.2) is 30.5 Å². The third-order valence-electron chi connectivity index (χ3n) is 4.09. The second-order valence-corrected chi connectivity index (χ2v) is 5.69. The molecule has 0 atom stereocenters. The van der Waals surface area contributed by atoms with E-state index in [4.69, 9.17) is 5.73 Å². The van der Waals surface area contributed by atoms with E-state index in [1.54, 1.807) is 0 Å². The van der Waals surface area contributed by atoms with Crippen molar-refractivity contribution in [2.24, 2.45) is 5.73 Å². The molecule has 2 N–H and O–H groups in total. The number of hydrogen-bond acceptors (Lipinski definition) is 1. The molecule has 0 amide bonds. The molecule has 0 saturated carbocycles. The number of rotatable bonds is 9. The molecule has 0 radical (unpaired) electrons. The fourth-order valence-electron chi connectivity index (χ4n) is 2.93. The van der Waals surface area contributed by atoms with Crippen LogP contribution in [0.25, 0.3) is 10.9 Å². The highest BCUT2D eigenvalue weighted by Gasteiger charge is 2.04. The summed E-state index contributed by atoms with van der Waals surface area (Å²) >= 11 is 0. The molecule has 0 spiro atoms. The minimum Gasteiger partial charge on any atom is -0.347 e. The van der Waals surface area contributed by atoms with Crippen LogP contribution in [-0.2, 0) is 13.1 Å². The maximum absolute atomic E-state index is 5.85. The number of fused-ring (bicyclic) bond motifs is 1. The number of nitrogens with two attached hydrogens (primary N) is 1. The number of nitrogens with zero attached hydrogens (tertiary/aromatic N) is 1. The van der Waals surface area contributed by atoms with E-state index >= 15 is 0 Å². The smallest absolute Gasteiger partial charge is 0.0525 e. The summed E-state index contributed by atoms with van der Waals surface area (Å²) in [5.41, 5.74) is 8.45. The third-order valence-corrected chi connectivity index (χ3v) is 4.09. The molecule has 2 nitrogen and oxygen atoms in total. The highest BCUT2D eigenvalue weighted by atomic mass is 15.0. The Balaban J connectivity index is 1.84. The highest BCUT2D eigenvalue weighted by molar-refractivity contribution is 5.83. The van der Waals surface area contributed by atoms with Crippen LogP contribution in [0.2, 0.25) is 0 Å². The predicted octanol–water partition coefficient (Wildman–Crippen LogP) is 4.85. The molecule has 0 aliphatic carbocycles. The zero-order chi connectivity index (χ0) is 14.2. The lowest BCUT2D eigenvalue weighted by atomic mass is 10.1. The largest absolute Gasteiger partial charge is 0.347 e. The van der Waals surface area contributed by atoms with E-state index < -0.39 is 0 Å². The standard InChI is InChI=1S/C18H28N2/c1-2-3-4-5-6-7-8-13-20-14-12-16-10-9-11-17(15-19)18(16)20/h9-12,14H,2-8,13,15,19H2,1H3. The first-order chi connectivity index (χ1) is 9.86. The molecule has 20 heavy (non-hydrogen) atoms. The fourth-order valence-corrected chi connectivity index (χ4v) is 2.93. The van der Waals surface area contributed by atoms with Crippen molar-refractivity contribution in [1.82, 2.24) is 4.57 Å². The molecule has 0 saturated heterocycles. The van der Waals surface area contributed by atoms with E-state index in [2.05, 4.69) is 42.0 Å².